The zero-order chi connectivity index (χ0) is 14.9. The molecule has 1 unspecified atom stereocenters. The van der Waals surface area contributed by atoms with E-state index in [1.807, 2.05) is 0 Å². The molecule has 1 aromatic carbocycles. The van der Waals surface area contributed by atoms with Gasteiger partial charge < -0.3 is 20.6 Å². The van der Waals surface area contributed by atoms with Crippen LogP contribution in [0.3, 0.4) is 0 Å². The van der Waals surface area contributed by atoms with Gasteiger partial charge in [-0.15, -0.1) is 0 Å². The van der Waals surface area contributed by atoms with Crippen molar-refractivity contribution in [3.63, 3.8) is 0 Å². The summed E-state index contributed by atoms with van der Waals surface area (Å²) in [6.07, 6.45) is 0.973. The molecule has 1 saturated heterocycles. The van der Waals surface area contributed by atoms with Gasteiger partial charge in [0.05, 0.1) is 16.3 Å². The summed E-state index contributed by atoms with van der Waals surface area (Å²) in [4.78, 5) is 15.8. The Balaban J connectivity index is 2.47. The molecule has 6 heteroatoms. The Kier molecular flexibility index (Phi) is 4.40. The first-order valence-electron chi connectivity index (χ1n) is 6.67. The lowest BCUT2D eigenvalue weighted by atomic mass is 10.1. The molecule has 0 saturated carbocycles. The van der Waals surface area contributed by atoms with Crippen molar-refractivity contribution in [1.29, 1.82) is 0 Å². The first-order valence-corrected chi connectivity index (χ1v) is 7.05. The maximum atomic E-state index is 11.5. The Morgan fingerprint density at radius 3 is 2.80 bits per heavy atom. The van der Waals surface area contributed by atoms with Crippen molar-refractivity contribution in [3.05, 3.63) is 22.7 Å². The van der Waals surface area contributed by atoms with E-state index in [-0.39, 0.29) is 11.6 Å². The predicted octanol–water partition coefficient (Wildman–Crippen LogP) is 2.15. The molecule has 0 spiro atoms. The highest BCUT2D eigenvalue weighted by Gasteiger charge is 2.26. The van der Waals surface area contributed by atoms with E-state index in [9.17, 15) is 9.90 Å². The van der Waals surface area contributed by atoms with Crippen LogP contribution in [0.15, 0.2) is 12.1 Å². The third kappa shape index (κ3) is 2.99. The number of nitrogens with zero attached hydrogens (tertiary/aromatic N) is 2. The fourth-order valence-electron chi connectivity index (χ4n) is 2.78. The van der Waals surface area contributed by atoms with Crippen LogP contribution in [0.1, 0.15) is 23.7 Å². The van der Waals surface area contributed by atoms with E-state index < -0.39 is 5.97 Å². The molecule has 1 atom stereocenters. The number of nitrogens with two attached hydrogens (primary N) is 1. The van der Waals surface area contributed by atoms with Crippen LogP contribution >= 0.6 is 11.6 Å². The van der Waals surface area contributed by atoms with Crippen LogP contribution in [0.25, 0.3) is 0 Å². The smallest absolute Gasteiger partial charge is 0.337 e. The van der Waals surface area contributed by atoms with E-state index in [1.165, 1.54) is 6.07 Å². The summed E-state index contributed by atoms with van der Waals surface area (Å²) in [7, 11) is 2.07. The van der Waals surface area contributed by atoms with Gasteiger partial charge in [-0.05, 0) is 39.1 Å². The number of carbonyl (C=O) groups is 1. The van der Waals surface area contributed by atoms with Crippen LogP contribution in [-0.4, -0.2) is 48.7 Å². The van der Waals surface area contributed by atoms with Gasteiger partial charge in [-0.2, -0.15) is 0 Å². The zero-order valence-electron chi connectivity index (χ0n) is 11.8. The summed E-state index contributed by atoms with van der Waals surface area (Å²) in [5, 5.41) is 9.80. The van der Waals surface area contributed by atoms with E-state index >= 15 is 0 Å². The molecule has 1 aromatic rings. The molecule has 0 aromatic heterocycles. The van der Waals surface area contributed by atoms with Gasteiger partial charge in [0.1, 0.15) is 0 Å². The molecule has 20 heavy (non-hydrogen) atoms. The maximum absolute atomic E-state index is 11.5. The molecule has 5 nitrogen and oxygen atoms in total. The number of carboxylic acids is 1. The molecule has 0 radical (unpaired) electrons. The van der Waals surface area contributed by atoms with Crippen LogP contribution < -0.4 is 10.6 Å². The quantitative estimate of drug-likeness (QED) is 0.819. The third-order valence-corrected chi connectivity index (χ3v) is 3.94. The number of benzene rings is 1. The summed E-state index contributed by atoms with van der Waals surface area (Å²) in [6.45, 7) is 4.74. The van der Waals surface area contributed by atoms with Gasteiger partial charge in [-0.3, -0.25) is 0 Å². The largest absolute Gasteiger partial charge is 0.478 e. The van der Waals surface area contributed by atoms with E-state index in [4.69, 9.17) is 17.3 Å². The predicted molar refractivity (Wildman–Crippen MR) is 81.7 cm³/mol. The molecule has 110 valence electrons. The fourth-order valence-corrected chi connectivity index (χ4v) is 3.12. The highest BCUT2D eigenvalue weighted by atomic mass is 35.5. The Labute approximate surface area is 123 Å². The number of anilines is 2. The van der Waals surface area contributed by atoms with Gasteiger partial charge in [0.15, 0.2) is 0 Å². The Hall–Kier alpha value is -1.46. The number of likely N-dealkylation sites (N-methyl/N-ethyl adjacent to an activating group) is 1. The lowest BCUT2D eigenvalue weighted by Gasteiger charge is -2.32. The molecular formula is C14H20ClN3O2. The zero-order valence-corrected chi connectivity index (χ0v) is 12.5. The molecule has 1 aliphatic heterocycles. The fraction of sp³-hybridized carbons (Fsp3) is 0.500. The van der Waals surface area contributed by atoms with Gasteiger partial charge in [0.2, 0.25) is 0 Å². The van der Waals surface area contributed by atoms with Crippen LogP contribution in [0, 0.1) is 0 Å². The second-order valence-electron chi connectivity index (χ2n) is 5.36. The second kappa shape index (κ2) is 5.89. The molecule has 0 bridgehead atoms. The van der Waals surface area contributed by atoms with Crippen LogP contribution in [0.5, 0.6) is 0 Å². The summed E-state index contributed by atoms with van der Waals surface area (Å²) in [5.74, 6) is -1.00. The average Bonchev–Trinajstić information content (AvgIpc) is 2.49. The Morgan fingerprint density at radius 1 is 1.45 bits per heavy atom. The van der Waals surface area contributed by atoms with Crippen molar-refractivity contribution in [2.24, 2.45) is 0 Å². The summed E-state index contributed by atoms with van der Waals surface area (Å²) >= 11 is 6.27. The Morgan fingerprint density at radius 2 is 2.15 bits per heavy atom. The number of rotatable bonds is 2. The Bertz CT molecular complexity index is 521. The van der Waals surface area contributed by atoms with E-state index in [2.05, 4.69) is 23.8 Å². The van der Waals surface area contributed by atoms with Crippen molar-refractivity contribution in [2.75, 3.05) is 37.3 Å². The minimum atomic E-state index is -1.00. The molecule has 1 aliphatic rings. The van der Waals surface area contributed by atoms with E-state index in [0.717, 1.165) is 26.1 Å². The van der Waals surface area contributed by atoms with Gasteiger partial charge in [-0.1, -0.05) is 11.6 Å². The summed E-state index contributed by atoms with van der Waals surface area (Å²) in [6, 6.07) is 3.29. The van der Waals surface area contributed by atoms with Crippen molar-refractivity contribution < 1.29 is 9.90 Å². The van der Waals surface area contributed by atoms with Gasteiger partial charge in [-0.25, -0.2) is 4.79 Å². The van der Waals surface area contributed by atoms with Crippen molar-refractivity contribution >= 4 is 28.9 Å². The molecular weight excluding hydrogens is 278 g/mol. The molecule has 0 amide bonds. The van der Waals surface area contributed by atoms with Crippen molar-refractivity contribution in [2.45, 2.75) is 19.4 Å². The molecule has 3 N–H and O–H groups in total. The topological polar surface area (TPSA) is 69.8 Å². The van der Waals surface area contributed by atoms with Gasteiger partial charge >= 0.3 is 5.97 Å². The number of halogens is 1. The molecule has 2 rings (SSSR count). The lowest BCUT2D eigenvalue weighted by molar-refractivity contribution is 0.0697. The number of carboxylic acid groups (broad SMARTS) is 1. The summed E-state index contributed by atoms with van der Waals surface area (Å²) < 4.78 is 0. The monoisotopic (exact) mass is 297 g/mol. The van der Waals surface area contributed by atoms with Gasteiger partial charge in [0.25, 0.3) is 0 Å². The maximum Gasteiger partial charge on any atom is 0.337 e. The number of hydrogen-bond acceptors (Lipinski definition) is 4. The standard InChI is InChI=1S/C14H20ClN3O2/c1-9-8-17(2)4-3-5-18(9)13-11(14(19)20)6-10(16)7-12(13)15/h6-7,9H,3-5,8,16H2,1-2H3,(H,19,20). The minimum absolute atomic E-state index is 0.173. The second-order valence-corrected chi connectivity index (χ2v) is 5.77. The van der Waals surface area contributed by atoms with Gasteiger partial charge in [0, 0.05) is 24.8 Å². The summed E-state index contributed by atoms with van der Waals surface area (Å²) in [5.41, 5.74) is 6.83. The van der Waals surface area contributed by atoms with Crippen molar-refractivity contribution in [1.82, 2.24) is 4.90 Å². The first kappa shape index (κ1) is 14.9. The molecule has 0 aliphatic carbocycles. The number of aromatic carboxylic acids is 1. The van der Waals surface area contributed by atoms with Crippen LogP contribution in [0.4, 0.5) is 11.4 Å². The lowest BCUT2D eigenvalue weighted by Crippen LogP contribution is -2.39. The number of nitrogen functional groups attached to an aromatic ring is 1. The SMILES string of the molecule is CC1CN(C)CCCN1c1c(Cl)cc(N)cc1C(=O)O. The van der Waals surface area contributed by atoms with Crippen LogP contribution in [-0.2, 0) is 0 Å². The third-order valence-electron chi connectivity index (χ3n) is 3.65. The van der Waals surface area contributed by atoms with E-state index in [1.54, 1.807) is 6.07 Å². The van der Waals surface area contributed by atoms with E-state index in [0.29, 0.717) is 16.4 Å². The highest BCUT2D eigenvalue weighted by Crippen LogP contribution is 2.34. The highest BCUT2D eigenvalue weighted by molar-refractivity contribution is 6.34. The van der Waals surface area contributed by atoms with Crippen molar-refractivity contribution in [3.8, 4) is 0 Å². The normalized spacial score (nSPS) is 20.8. The minimum Gasteiger partial charge on any atom is -0.478 e. The molecule has 1 heterocycles. The number of hydrogen-bond donors (Lipinski definition) is 2. The molecule has 1 fully saturated rings. The first-order chi connectivity index (χ1) is 9.40. The van der Waals surface area contributed by atoms with Crippen LogP contribution in [0.2, 0.25) is 5.02 Å². The average molecular weight is 298 g/mol.